The van der Waals surface area contributed by atoms with Crippen molar-refractivity contribution in [3.05, 3.63) is 117 Å². The lowest BCUT2D eigenvalue weighted by Crippen LogP contribution is -2.41. The summed E-state index contributed by atoms with van der Waals surface area (Å²) in [6, 6.07) is 21.4. The number of methoxy groups -OCH3 is 4. The van der Waals surface area contributed by atoms with Crippen LogP contribution in [0.4, 0.5) is 11.4 Å². The Morgan fingerprint density at radius 1 is 0.689 bits per heavy atom. The van der Waals surface area contributed by atoms with Gasteiger partial charge in [-0.25, -0.2) is 0 Å². The molecule has 0 saturated heterocycles. The van der Waals surface area contributed by atoms with Gasteiger partial charge in [0.15, 0.2) is 11.5 Å². The van der Waals surface area contributed by atoms with Gasteiger partial charge in [-0.15, -0.1) is 0 Å². The van der Waals surface area contributed by atoms with E-state index in [1.807, 2.05) is 12.1 Å². The fourth-order valence-corrected chi connectivity index (χ4v) is 4.33. The summed E-state index contributed by atoms with van der Waals surface area (Å²) in [7, 11) is 6.01. The molecule has 0 radical (unpaired) electrons. The summed E-state index contributed by atoms with van der Waals surface area (Å²) >= 11 is 0. The third-order valence-electron chi connectivity index (χ3n) is 6.73. The summed E-state index contributed by atoms with van der Waals surface area (Å²) in [5.41, 5.74) is 6.25. The molecule has 0 bridgehead atoms. The summed E-state index contributed by atoms with van der Waals surface area (Å²) < 4.78 is 21.7. The number of hydrogen-bond donors (Lipinski definition) is 2. The maximum Gasteiger partial charge on any atom is 0.269 e. The molecule has 0 spiro atoms. The number of benzene rings is 4. The minimum absolute atomic E-state index is 0.116. The quantitative estimate of drug-likeness (QED) is 0.183. The van der Waals surface area contributed by atoms with Crippen molar-refractivity contribution in [2.45, 2.75) is 6.54 Å². The number of nitro benzene ring substituents is 1. The molecule has 0 aliphatic rings. The number of hydrazine groups is 1. The van der Waals surface area contributed by atoms with E-state index in [0.29, 0.717) is 28.7 Å². The van der Waals surface area contributed by atoms with Crippen LogP contribution in [-0.4, -0.2) is 51.1 Å². The van der Waals surface area contributed by atoms with Gasteiger partial charge in [0.1, 0.15) is 5.75 Å². The number of nitrogens with one attached hydrogen (secondary N) is 2. The molecule has 0 fully saturated rings. The Kier molecular flexibility index (Phi) is 10.2. The van der Waals surface area contributed by atoms with Crippen LogP contribution >= 0.6 is 0 Å². The zero-order valence-corrected chi connectivity index (χ0v) is 24.9. The molecule has 4 aromatic rings. The zero-order chi connectivity index (χ0) is 32.5. The molecule has 0 aliphatic carbocycles. The van der Waals surface area contributed by atoms with Gasteiger partial charge in [-0.05, 0) is 54.1 Å². The second-order valence-corrected chi connectivity index (χ2v) is 9.41. The Hall–Kier alpha value is -6.11. The van der Waals surface area contributed by atoms with E-state index in [4.69, 9.17) is 18.9 Å². The van der Waals surface area contributed by atoms with Crippen molar-refractivity contribution in [2.75, 3.05) is 33.3 Å². The standard InChI is InChI=1S/C32H30N4O9/c1-42-26-15-5-20(6-16-26)19-35(25-17-27(43-2)29(45-4)28(18-25)44-3)32(39)23-9-7-21(8-10-23)30(37)33-34-31(38)22-11-13-24(14-12-22)36(40)41/h5-18H,19H2,1-4H3,(H,33,37)(H,34,38). The van der Waals surface area contributed by atoms with Gasteiger partial charge < -0.3 is 23.8 Å². The molecule has 13 nitrogen and oxygen atoms in total. The van der Waals surface area contributed by atoms with Crippen LogP contribution in [0.2, 0.25) is 0 Å². The van der Waals surface area contributed by atoms with Crippen LogP contribution in [0, 0.1) is 10.1 Å². The van der Waals surface area contributed by atoms with E-state index in [2.05, 4.69) is 10.9 Å². The highest BCUT2D eigenvalue weighted by atomic mass is 16.6. The van der Waals surface area contributed by atoms with Crippen molar-refractivity contribution < 1.29 is 38.3 Å². The van der Waals surface area contributed by atoms with E-state index in [-0.39, 0.29) is 34.8 Å². The first-order chi connectivity index (χ1) is 21.7. The number of nitro groups is 1. The lowest BCUT2D eigenvalue weighted by molar-refractivity contribution is -0.384. The van der Waals surface area contributed by atoms with Crippen LogP contribution in [0.1, 0.15) is 36.6 Å². The van der Waals surface area contributed by atoms with Gasteiger partial charge in [0.05, 0.1) is 45.6 Å². The number of ether oxygens (including phenoxy) is 4. The highest BCUT2D eigenvalue weighted by Crippen LogP contribution is 2.41. The molecule has 0 heterocycles. The maximum atomic E-state index is 13.9. The normalized spacial score (nSPS) is 10.3. The van der Waals surface area contributed by atoms with Gasteiger partial charge in [0.25, 0.3) is 23.4 Å². The topological polar surface area (TPSA) is 159 Å². The molecule has 0 aromatic heterocycles. The minimum Gasteiger partial charge on any atom is -0.497 e. The van der Waals surface area contributed by atoms with E-state index in [1.54, 1.807) is 31.4 Å². The molecule has 4 rings (SSSR count). The molecule has 0 aliphatic heterocycles. The number of anilines is 1. The Labute approximate surface area is 258 Å². The number of hydrogen-bond acceptors (Lipinski definition) is 9. The number of non-ortho nitro benzene ring substituents is 1. The van der Waals surface area contributed by atoms with Gasteiger partial charge in [0, 0.05) is 41.0 Å². The van der Waals surface area contributed by atoms with E-state index < -0.39 is 16.7 Å². The first-order valence-corrected chi connectivity index (χ1v) is 13.4. The highest BCUT2D eigenvalue weighted by molar-refractivity contribution is 6.07. The van der Waals surface area contributed by atoms with Crippen molar-refractivity contribution in [2.24, 2.45) is 0 Å². The molecule has 0 atom stereocenters. The predicted octanol–water partition coefficient (Wildman–Crippen LogP) is 4.55. The van der Waals surface area contributed by atoms with E-state index in [1.165, 1.54) is 74.8 Å². The van der Waals surface area contributed by atoms with Crippen molar-refractivity contribution in [1.82, 2.24) is 10.9 Å². The SMILES string of the molecule is COc1ccc(CN(C(=O)c2ccc(C(=O)NNC(=O)c3ccc([N+](=O)[O-])cc3)cc2)c2cc(OC)c(OC)c(OC)c2)cc1. The van der Waals surface area contributed by atoms with Crippen molar-refractivity contribution in [3.8, 4) is 23.0 Å². The van der Waals surface area contributed by atoms with Crippen LogP contribution in [-0.2, 0) is 6.54 Å². The largest absolute Gasteiger partial charge is 0.497 e. The summed E-state index contributed by atoms with van der Waals surface area (Å²) in [5, 5.41) is 10.8. The number of carbonyl (C=O) groups excluding carboxylic acids is 3. The van der Waals surface area contributed by atoms with E-state index >= 15 is 0 Å². The molecular weight excluding hydrogens is 584 g/mol. The zero-order valence-electron chi connectivity index (χ0n) is 24.9. The van der Waals surface area contributed by atoms with Crippen molar-refractivity contribution in [1.29, 1.82) is 0 Å². The third-order valence-corrected chi connectivity index (χ3v) is 6.73. The number of rotatable bonds is 11. The monoisotopic (exact) mass is 614 g/mol. The van der Waals surface area contributed by atoms with Gasteiger partial charge in [0.2, 0.25) is 5.75 Å². The second-order valence-electron chi connectivity index (χ2n) is 9.41. The smallest absolute Gasteiger partial charge is 0.269 e. The molecule has 0 saturated carbocycles. The van der Waals surface area contributed by atoms with Gasteiger partial charge in [-0.2, -0.15) is 0 Å². The lowest BCUT2D eigenvalue weighted by atomic mass is 10.1. The molecule has 3 amide bonds. The van der Waals surface area contributed by atoms with Crippen molar-refractivity contribution >= 4 is 29.1 Å². The van der Waals surface area contributed by atoms with Crippen LogP contribution in [0.5, 0.6) is 23.0 Å². The fourth-order valence-electron chi connectivity index (χ4n) is 4.33. The summed E-state index contributed by atoms with van der Waals surface area (Å²) in [4.78, 5) is 50.7. The average Bonchev–Trinajstić information content (AvgIpc) is 3.08. The molecule has 0 unspecified atom stereocenters. The summed E-state index contributed by atoms with van der Waals surface area (Å²) in [6.07, 6.45) is 0. The Morgan fingerprint density at radius 2 is 1.18 bits per heavy atom. The molecular formula is C32H30N4O9. The fraction of sp³-hybridized carbons (Fsp3) is 0.156. The highest BCUT2D eigenvalue weighted by Gasteiger charge is 2.23. The van der Waals surface area contributed by atoms with E-state index in [0.717, 1.165) is 5.56 Å². The van der Waals surface area contributed by atoms with Gasteiger partial charge in [-0.1, -0.05) is 12.1 Å². The molecule has 13 heteroatoms. The first-order valence-electron chi connectivity index (χ1n) is 13.4. The molecule has 4 aromatic carbocycles. The van der Waals surface area contributed by atoms with E-state index in [9.17, 15) is 24.5 Å². The van der Waals surface area contributed by atoms with Crippen molar-refractivity contribution in [3.63, 3.8) is 0 Å². The molecule has 2 N–H and O–H groups in total. The summed E-state index contributed by atoms with van der Waals surface area (Å²) in [5.74, 6) is 0.0928. The lowest BCUT2D eigenvalue weighted by Gasteiger charge is -2.25. The Balaban J connectivity index is 1.55. The second kappa shape index (κ2) is 14.4. The van der Waals surface area contributed by atoms with Crippen LogP contribution in [0.3, 0.4) is 0 Å². The summed E-state index contributed by atoms with van der Waals surface area (Å²) in [6.45, 7) is 0.179. The number of amides is 3. The Bertz CT molecular complexity index is 1660. The third kappa shape index (κ3) is 7.46. The maximum absolute atomic E-state index is 13.9. The van der Waals surface area contributed by atoms with Crippen LogP contribution in [0.25, 0.3) is 0 Å². The van der Waals surface area contributed by atoms with Gasteiger partial charge in [-0.3, -0.25) is 35.3 Å². The average molecular weight is 615 g/mol. The predicted molar refractivity (Wildman–Crippen MR) is 164 cm³/mol. The molecule has 232 valence electrons. The molecule has 45 heavy (non-hydrogen) atoms. The number of nitrogens with zero attached hydrogens (tertiary/aromatic N) is 2. The Morgan fingerprint density at radius 3 is 1.62 bits per heavy atom. The van der Waals surface area contributed by atoms with Crippen LogP contribution in [0.15, 0.2) is 84.9 Å². The number of carbonyl (C=O) groups is 3. The first kappa shape index (κ1) is 31.8. The van der Waals surface area contributed by atoms with Crippen LogP contribution < -0.4 is 34.7 Å². The van der Waals surface area contributed by atoms with Gasteiger partial charge >= 0.3 is 0 Å². The minimum atomic E-state index is -0.662.